The average molecular weight is 372 g/mol. The normalized spacial score (nSPS) is 14.6. The van der Waals surface area contributed by atoms with Gasteiger partial charge in [-0.25, -0.2) is 0 Å². The summed E-state index contributed by atoms with van der Waals surface area (Å²) < 4.78 is 43.6. The fraction of sp³-hybridized carbons (Fsp3) is 0.333. The van der Waals surface area contributed by atoms with Crippen molar-refractivity contribution in [3.8, 4) is 0 Å². The Kier molecular flexibility index (Phi) is 4.31. The molecule has 0 saturated heterocycles. The summed E-state index contributed by atoms with van der Waals surface area (Å²) in [6.45, 7) is 0. The Morgan fingerprint density at radius 1 is 1.40 bits per heavy atom. The van der Waals surface area contributed by atoms with Crippen LogP contribution in [0.3, 0.4) is 0 Å². The molecule has 0 amide bonds. The molecule has 2 aromatic rings. The molecular weight excluding hydrogens is 361 g/mol. The van der Waals surface area contributed by atoms with Crippen LogP contribution in [0.4, 0.5) is 18.9 Å². The second-order valence-electron chi connectivity index (χ2n) is 5.52. The van der Waals surface area contributed by atoms with Crippen LogP contribution in [0.5, 0.6) is 0 Å². The van der Waals surface area contributed by atoms with Gasteiger partial charge >= 0.3 is 6.18 Å². The van der Waals surface area contributed by atoms with Gasteiger partial charge in [-0.15, -0.1) is 11.8 Å². The molecule has 0 radical (unpaired) electrons. The largest absolute Gasteiger partial charge is 0.416 e. The number of hydrogen-bond acceptors (Lipinski definition) is 6. The minimum atomic E-state index is -4.74. The minimum absolute atomic E-state index is 0.0147. The van der Waals surface area contributed by atoms with Gasteiger partial charge in [0.1, 0.15) is 5.56 Å². The molecule has 0 spiro atoms. The summed E-state index contributed by atoms with van der Waals surface area (Å²) in [4.78, 5) is 23.0. The molecule has 1 aliphatic carbocycles. The van der Waals surface area contributed by atoms with E-state index in [4.69, 9.17) is 4.52 Å². The molecule has 25 heavy (non-hydrogen) atoms. The Morgan fingerprint density at radius 2 is 2.08 bits per heavy atom. The van der Waals surface area contributed by atoms with E-state index in [0.29, 0.717) is 17.9 Å². The van der Waals surface area contributed by atoms with Crippen LogP contribution >= 0.6 is 11.8 Å². The number of nitrogens with zero attached hydrogens (tertiary/aromatic N) is 2. The zero-order valence-corrected chi connectivity index (χ0v) is 13.6. The van der Waals surface area contributed by atoms with Crippen LogP contribution in [-0.4, -0.2) is 22.1 Å². The first-order valence-electron chi connectivity index (χ1n) is 7.18. The third-order valence-electron chi connectivity index (χ3n) is 3.82. The summed E-state index contributed by atoms with van der Waals surface area (Å²) in [6, 6.07) is 1.86. The van der Waals surface area contributed by atoms with E-state index < -0.39 is 33.7 Å². The Morgan fingerprint density at radius 3 is 2.60 bits per heavy atom. The molecule has 0 N–H and O–H groups in total. The average Bonchev–Trinajstić information content (AvgIpc) is 3.31. The summed E-state index contributed by atoms with van der Waals surface area (Å²) in [5, 5.41) is 15.3. The number of alkyl halides is 3. The van der Waals surface area contributed by atoms with Gasteiger partial charge in [0, 0.05) is 12.0 Å². The number of nitro groups is 1. The molecule has 1 aromatic heterocycles. The van der Waals surface area contributed by atoms with Crippen molar-refractivity contribution in [3.63, 3.8) is 0 Å². The molecule has 132 valence electrons. The number of rotatable bonds is 5. The Bertz CT molecular complexity index is 859. The van der Waals surface area contributed by atoms with Crippen molar-refractivity contribution in [2.45, 2.75) is 30.0 Å². The van der Waals surface area contributed by atoms with Crippen molar-refractivity contribution >= 4 is 23.2 Å². The molecule has 3 rings (SSSR count). The molecule has 1 heterocycles. The minimum Gasteiger partial charge on any atom is -0.359 e. The van der Waals surface area contributed by atoms with Crippen LogP contribution in [0.1, 0.15) is 46.0 Å². The van der Waals surface area contributed by atoms with Crippen LogP contribution in [0, 0.1) is 10.1 Å². The first-order valence-corrected chi connectivity index (χ1v) is 8.40. The van der Waals surface area contributed by atoms with Gasteiger partial charge in [-0.1, -0.05) is 5.16 Å². The summed E-state index contributed by atoms with van der Waals surface area (Å²) in [6.07, 6.45) is -1.48. The molecular formula is C15H11F3N2O4S. The molecule has 1 saturated carbocycles. The van der Waals surface area contributed by atoms with E-state index in [1.54, 1.807) is 6.26 Å². The fourth-order valence-electron chi connectivity index (χ4n) is 2.45. The highest BCUT2D eigenvalue weighted by atomic mass is 32.2. The molecule has 10 heteroatoms. The second kappa shape index (κ2) is 6.17. The predicted molar refractivity (Wildman–Crippen MR) is 81.8 cm³/mol. The number of halogens is 3. The number of thioether (sulfide) groups is 1. The Balaban J connectivity index is 2.12. The van der Waals surface area contributed by atoms with Crippen LogP contribution < -0.4 is 0 Å². The van der Waals surface area contributed by atoms with Crippen LogP contribution in [-0.2, 0) is 6.18 Å². The SMILES string of the molecule is CSc1noc(C2CC2)c1C(=O)c1ccc(C(F)(F)F)cc1[N+](=O)[O-]. The lowest BCUT2D eigenvalue weighted by Gasteiger charge is -2.08. The maximum absolute atomic E-state index is 12.8. The van der Waals surface area contributed by atoms with Crippen molar-refractivity contribution in [3.05, 3.63) is 50.8 Å². The lowest BCUT2D eigenvalue weighted by atomic mass is 9.99. The topological polar surface area (TPSA) is 86.2 Å². The van der Waals surface area contributed by atoms with E-state index in [0.717, 1.165) is 30.7 Å². The first-order chi connectivity index (χ1) is 11.7. The monoisotopic (exact) mass is 372 g/mol. The van der Waals surface area contributed by atoms with Crippen molar-refractivity contribution in [1.82, 2.24) is 5.16 Å². The van der Waals surface area contributed by atoms with Crippen molar-refractivity contribution in [2.75, 3.05) is 6.26 Å². The maximum atomic E-state index is 12.8. The highest BCUT2D eigenvalue weighted by Crippen LogP contribution is 2.44. The van der Waals surface area contributed by atoms with Gasteiger partial charge < -0.3 is 4.52 Å². The highest BCUT2D eigenvalue weighted by molar-refractivity contribution is 7.98. The number of benzene rings is 1. The zero-order valence-electron chi connectivity index (χ0n) is 12.8. The first kappa shape index (κ1) is 17.5. The van der Waals surface area contributed by atoms with Gasteiger partial charge in [-0.05, 0) is 31.2 Å². The van der Waals surface area contributed by atoms with Gasteiger partial charge in [-0.2, -0.15) is 13.2 Å². The van der Waals surface area contributed by atoms with E-state index >= 15 is 0 Å². The van der Waals surface area contributed by atoms with Gasteiger partial charge in [0.25, 0.3) is 5.69 Å². The van der Waals surface area contributed by atoms with Gasteiger partial charge in [0.2, 0.25) is 5.78 Å². The predicted octanol–water partition coefficient (Wildman–Crippen LogP) is 4.43. The molecule has 0 bridgehead atoms. The van der Waals surface area contributed by atoms with Crippen molar-refractivity contribution < 1.29 is 27.4 Å². The van der Waals surface area contributed by atoms with Gasteiger partial charge in [-0.3, -0.25) is 14.9 Å². The highest BCUT2D eigenvalue weighted by Gasteiger charge is 2.38. The van der Waals surface area contributed by atoms with Crippen LogP contribution in [0.25, 0.3) is 0 Å². The number of ketones is 1. The third-order valence-corrected chi connectivity index (χ3v) is 4.49. The summed E-state index contributed by atoms with van der Waals surface area (Å²) in [5.74, 6) is -0.405. The maximum Gasteiger partial charge on any atom is 0.416 e. The molecule has 0 aliphatic heterocycles. The van der Waals surface area contributed by atoms with Gasteiger partial charge in [0.15, 0.2) is 10.8 Å². The standard InChI is InChI=1S/C15H11F3N2O4S/c1-25-14-11(13(24-19-14)7-2-3-7)12(21)9-5-4-8(15(16,17)18)6-10(9)20(22)23/h4-7H,2-3H2,1H3. The van der Waals surface area contributed by atoms with Crippen molar-refractivity contribution in [1.29, 1.82) is 0 Å². The molecule has 1 aliphatic rings. The number of carbonyl (C=O) groups is 1. The number of hydrogen-bond donors (Lipinski definition) is 0. The molecule has 0 atom stereocenters. The van der Waals surface area contributed by atoms with Crippen LogP contribution in [0.15, 0.2) is 27.7 Å². The van der Waals surface area contributed by atoms with Gasteiger partial charge in [0.05, 0.1) is 16.1 Å². The fourth-order valence-corrected chi connectivity index (χ4v) is 2.95. The summed E-state index contributed by atoms with van der Waals surface area (Å²) >= 11 is 1.13. The third kappa shape index (κ3) is 3.26. The lowest BCUT2D eigenvalue weighted by molar-refractivity contribution is -0.385. The Labute approximate surface area is 143 Å². The van der Waals surface area contributed by atoms with E-state index in [-0.39, 0.29) is 16.5 Å². The lowest BCUT2D eigenvalue weighted by Crippen LogP contribution is -2.11. The summed E-state index contributed by atoms with van der Waals surface area (Å²) in [7, 11) is 0. The van der Waals surface area contributed by atoms with Crippen LogP contribution in [0.2, 0.25) is 0 Å². The molecule has 1 aromatic carbocycles. The van der Waals surface area contributed by atoms with E-state index in [1.165, 1.54) is 0 Å². The summed E-state index contributed by atoms with van der Waals surface area (Å²) in [5.41, 5.74) is -2.40. The smallest absolute Gasteiger partial charge is 0.359 e. The number of nitro benzene ring substituents is 1. The molecule has 1 fully saturated rings. The second-order valence-corrected chi connectivity index (χ2v) is 6.32. The van der Waals surface area contributed by atoms with E-state index in [1.807, 2.05) is 0 Å². The number of aromatic nitrogens is 1. The van der Waals surface area contributed by atoms with Crippen molar-refractivity contribution in [2.24, 2.45) is 0 Å². The Hall–Kier alpha value is -2.36. The quantitative estimate of drug-likeness (QED) is 0.334. The molecule has 0 unspecified atom stereocenters. The molecule has 6 nitrogen and oxygen atoms in total. The van der Waals surface area contributed by atoms with E-state index in [9.17, 15) is 28.1 Å². The zero-order chi connectivity index (χ0) is 18.4. The number of carbonyl (C=O) groups excluding carboxylic acids is 1. The van der Waals surface area contributed by atoms with E-state index in [2.05, 4.69) is 5.16 Å².